The van der Waals surface area contributed by atoms with E-state index in [0.29, 0.717) is 23.3 Å². The van der Waals surface area contributed by atoms with Gasteiger partial charge in [-0.1, -0.05) is 11.6 Å². The number of esters is 1. The zero-order chi connectivity index (χ0) is 14.0. The Hall–Kier alpha value is -1.49. The number of methoxy groups -OCH3 is 1. The molecular formula is C13H17ClN2O3. The van der Waals surface area contributed by atoms with E-state index in [1.54, 1.807) is 12.3 Å². The summed E-state index contributed by atoms with van der Waals surface area (Å²) in [6.45, 7) is 2.23. The van der Waals surface area contributed by atoms with Crippen LogP contribution >= 0.6 is 11.6 Å². The summed E-state index contributed by atoms with van der Waals surface area (Å²) in [6, 6.07) is 2.02. The number of amides is 1. The van der Waals surface area contributed by atoms with Crippen molar-refractivity contribution in [3.8, 4) is 0 Å². The fourth-order valence-corrected chi connectivity index (χ4v) is 2.19. The normalized spacial score (nSPS) is 14.3. The minimum atomic E-state index is -0.425. The lowest BCUT2D eigenvalue weighted by atomic mass is 10.3. The summed E-state index contributed by atoms with van der Waals surface area (Å²) in [6.07, 6.45) is 3.90. The molecule has 1 saturated carbocycles. The van der Waals surface area contributed by atoms with Crippen molar-refractivity contribution in [3.63, 3.8) is 0 Å². The number of likely N-dealkylation sites (N-methyl/N-ethyl adjacent to an activating group) is 1. The van der Waals surface area contributed by atoms with Crippen LogP contribution < -0.4 is 0 Å². The monoisotopic (exact) mass is 284 g/mol. The van der Waals surface area contributed by atoms with E-state index in [4.69, 9.17) is 11.6 Å². The van der Waals surface area contributed by atoms with Gasteiger partial charge in [0.1, 0.15) is 12.2 Å². The second-order valence-corrected chi connectivity index (χ2v) is 5.01. The predicted octanol–water partition coefficient (Wildman–Crippen LogP) is 2.11. The third kappa shape index (κ3) is 3.10. The Labute approximate surface area is 117 Å². The molecule has 0 saturated heterocycles. The van der Waals surface area contributed by atoms with Crippen LogP contribution in [0.25, 0.3) is 0 Å². The highest BCUT2D eigenvalue weighted by Crippen LogP contribution is 2.37. The number of carbonyl (C=O) groups is 2. The highest BCUT2D eigenvalue weighted by atomic mass is 35.5. The molecule has 104 valence electrons. The molecule has 1 aliphatic carbocycles. The van der Waals surface area contributed by atoms with Crippen LogP contribution in [0.5, 0.6) is 0 Å². The minimum Gasteiger partial charge on any atom is -0.468 e. The molecule has 0 aromatic carbocycles. The number of carbonyl (C=O) groups excluding carboxylic acids is 2. The summed E-state index contributed by atoms with van der Waals surface area (Å²) in [5.74, 6) is -0.613. The van der Waals surface area contributed by atoms with Gasteiger partial charge < -0.3 is 14.2 Å². The fourth-order valence-electron chi connectivity index (χ4n) is 1.98. The topological polar surface area (TPSA) is 51.5 Å². The number of hydrogen-bond acceptors (Lipinski definition) is 3. The van der Waals surface area contributed by atoms with E-state index in [9.17, 15) is 9.59 Å². The van der Waals surface area contributed by atoms with Gasteiger partial charge in [0.05, 0.1) is 12.1 Å². The van der Waals surface area contributed by atoms with E-state index in [1.165, 1.54) is 12.0 Å². The lowest BCUT2D eigenvalue weighted by Crippen LogP contribution is -2.37. The molecule has 1 aromatic rings. The van der Waals surface area contributed by atoms with Crippen LogP contribution in [0.3, 0.4) is 0 Å². The largest absolute Gasteiger partial charge is 0.468 e. The number of rotatable bonds is 5. The molecule has 0 aliphatic heterocycles. The molecule has 1 heterocycles. The van der Waals surface area contributed by atoms with Gasteiger partial charge in [0.25, 0.3) is 5.91 Å². The van der Waals surface area contributed by atoms with Gasteiger partial charge in [0, 0.05) is 18.8 Å². The van der Waals surface area contributed by atoms with Gasteiger partial charge in [-0.15, -0.1) is 0 Å². The van der Waals surface area contributed by atoms with Crippen LogP contribution in [0, 0.1) is 0 Å². The standard InChI is InChI=1S/C13H17ClN2O3/c1-3-15(8-12(17)19-2)13(18)11-6-9(14)7-16(11)10-4-5-10/h6-7,10H,3-5,8H2,1-2H3. The first-order chi connectivity index (χ1) is 9.06. The maximum Gasteiger partial charge on any atom is 0.325 e. The first-order valence-corrected chi connectivity index (χ1v) is 6.68. The Balaban J connectivity index is 2.19. The molecule has 0 spiro atoms. The van der Waals surface area contributed by atoms with Gasteiger partial charge in [-0.2, -0.15) is 0 Å². The summed E-state index contributed by atoms with van der Waals surface area (Å²) in [5.41, 5.74) is 0.540. The molecule has 6 heteroatoms. The third-order valence-electron chi connectivity index (χ3n) is 3.19. The van der Waals surface area contributed by atoms with Gasteiger partial charge >= 0.3 is 5.97 Å². The zero-order valence-electron chi connectivity index (χ0n) is 11.1. The molecule has 1 aromatic heterocycles. The number of nitrogens with zero attached hydrogens (tertiary/aromatic N) is 2. The van der Waals surface area contributed by atoms with Crippen molar-refractivity contribution in [2.45, 2.75) is 25.8 Å². The number of hydrogen-bond donors (Lipinski definition) is 0. The van der Waals surface area contributed by atoms with E-state index < -0.39 is 5.97 Å². The average Bonchev–Trinajstić information content (AvgIpc) is 3.17. The predicted molar refractivity (Wildman–Crippen MR) is 71.3 cm³/mol. The Bertz CT molecular complexity index is 494. The number of halogens is 1. The fraction of sp³-hybridized carbons (Fsp3) is 0.538. The average molecular weight is 285 g/mol. The number of ether oxygens (including phenoxy) is 1. The highest BCUT2D eigenvalue weighted by Gasteiger charge is 2.29. The van der Waals surface area contributed by atoms with Gasteiger partial charge in [0.15, 0.2) is 0 Å². The third-order valence-corrected chi connectivity index (χ3v) is 3.40. The maximum absolute atomic E-state index is 12.4. The lowest BCUT2D eigenvalue weighted by Gasteiger charge is -2.20. The maximum atomic E-state index is 12.4. The molecule has 5 nitrogen and oxygen atoms in total. The molecule has 1 aliphatic rings. The van der Waals surface area contributed by atoms with Crippen LogP contribution in [0.15, 0.2) is 12.3 Å². The lowest BCUT2D eigenvalue weighted by molar-refractivity contribution is -0.141. The van der Waals surface area contributed by atoms with Crippen molar-refractivity contribution < 1.29 is 14.3 Å². The molecule has 0 atom stereocenters. The summed E-state index contributed by atoms with van der Waals surface area (Å²) in [5, 5.41) is 0.546. The molecule has 0 unspecified atom stereocenters. The summed E-state index contributed by atoms with van der Waals surface area (Å²) in [7, 11) is 1.31. The van der Waals surface area contributed by atoms with Crippen LogP contribution in [0.2, 0.25) is 5.02 Å². The molecule has 0 radical (unpaired) electrons. The summed E-state index contributed by atoms with van der Waals surface area (Å²) in [4.78, 5) is 25.2. The van der Waals surface area contributed by atoms with Gasteiger partial charge in [-0.3, -0.25) is 9.59 Å². The first kappa shape index (κ1) is 13.9. The van der Waals surface area contributed by atoms with Crippen LogP contribution in [-0.4, -0.2) is 41.5 Å². The second-order valence-electron chi connectivity index (χ2n) is 4.58. The van der Waals surface area contributed by atoms with Crippen LogP contribution in [-0.2, 0) is 9.53 Å². The quantitative estimate of drug-likeness (QED) is 0.778. The van der Waals surface area contributed by atoms with Crippen molar-refractivity contribution in [3.05, 3.63) is 23.0 Å². The van der Waals surface area contributed by atoms with E-state index >= 15 is 0 Å². The molecule has 0 N–H and O–H groups in total. The highest BCUT2D eigenvalue weighted by molar-refractivity contribution is 6.31. The number of aromatic nitrogens is 1. The molecular weight excluding hydrogens is 268 g/mol. The molecule has 0 bridgehead atoms. The van der Waals surface area contributed by atoms with E-state index in [2.05, 4.69) is 4.74 Å². The van der Waals surface area contributed by atoms with Gasteiger partial charge in [-0.25, -0.2) is 0 Å². The van der Waals surface area contributed by atoms with Crippen molar-refractivity contribution in [1.82, 2.24) is 9.47 Å². The Morgan fingerprint density at radius 1 is 1.53 bits per heavy atom. The van der Waals surface area contributed by atoms with Crippen molar-refractivity contribution in [1.29, 1.82) is 0 Å². The van der Waals surface area contributed by atoms with Gasteiger partial charge in [0.2, 0.25) is 0 Å². The van der Waals surface area contributed by atoms with Crippen molar-refractivity contribution >= 4 is 23.5 Å². The summed E-state index contributed by atoms with van der Waals surface area (Å²) >= 11 is 5.98. The zero-order valence-corrected chi connectivity index (χ0v) is 11.8. The molecule has 1 amide bonds. The van der Waals surface area contributed by atoms with E-state index in [1.807, 2.05) is 11.5 Å². The first-order valence-electron chi connectivity index (χ1n) is 6.30. The molecule has 19 heavy (non-hydrogen) atoms. The van der Waals surface area contributed by atoms with Crippen molar-refractivity contribution in [2.75, 3.05) is 20.2 Å². The van der Waals surface area contributed by atoms with Crippen molar-refractivity contribution in [2.24, 2.45) is 0 Å². The van der Waals surface area contributed by atoms with Gasteiger partial charge in [-0.05, 0) is 25.8 Å². The Morgan fingerprint density at radius 2 is 2.21 bits per heavy atom. The smallest absolute Gasteiger partial charge is 0.325 e. The van der Waals surface area contributed by atoms with E-state index in [-0.39, 0.29) is 12.5 Å². The van der Waals surface area contributed by atoms with Crippen LogP contribution in [0.4, 0.5) is 0 Å². The minimum absolute atomic E-state index is 0.0424. The summed E-state index contributed by atoms with van der Waals surface area (Å²) < 4.78 is 6.51. The van der Waals surface area contributed by atoms with E-state index in [0.717, 1.165) is 12.8 Å². The second kappa shape index (κ2) is 5.65. The molecule has 2 rings (SSSR count). The molecule has 1 fully saturated rings. The SMILES string of the molecule is CCN(CC(=O)OC)C(=O)c1cc(Cl)cn1C1CC1. The Morgan fingerprint density at radius 3 is 2.74 bits per heavy atom. The Kier molecular flexibility index (Phi) is 4.14. The van der Waals surface area contributed by atoms with Crippen LogP contribution in [0.1, 0.15) is 36.3 Å².